The Hall–Kier alpha value is -1.55. The Morgan fingerprint density at radius 3 is 1.89 bits per heavy atom. The lowest BCUT2D eigenvalue weighted by Gasteiger charge is -2.07. The van der Waals surface area contributed by atoms with Crippen LogP contribution < -0.4 is 10.6 Å². The number of halogens is 1. The molecule has 0 atom stereocenters. The smallest absolute Gasteiger partial charge is 0.224 e. The van der Waals surface area contributed by atoms with Crippen molar-refractivity contribution in [1.29, 1.82) is 0 Å². The van der Waals surface area contributed by atoms with E-state index >= 15 is 0 Å². The van der Waals surface area contributed by atoms with Crippen LogP contribution in [-0.2, 0) is 9.59 Å². The van der Waals surface area contributed by atoms with Crippen LogP contribution in [0.1, 0.15) is 32.6 Å². The molecule has 0 unspecified atom stereocenters. The van der Waals surface area contributed by atoms with Crippen molar-refractivity contribution < 1.29 is 9.59 Å². The van der Waals surface area contributed by atoms with Gasteiger partial charge in [0.05, 0.1) is 0 Å². The molecule has 1 aromatic carbocycles. The number of hydrogen-bond donors (Lipinski definition) is 2. The van der Waals surface area contributed by atoms with Gasteiger partial charge in [-0.05, 0) is 37.1 Å². The van der Waals surface area contributed by atoms with Crippen LogP contribution in [0.4, 0.5) is 11.4 Å². The van der Waals surface area contributed by atoms with Crippen LogP contribution in [0, 0.1) is 0 Å². The SMILES string of the molecule is CCCC(=O)Nc1ccc(NC(=O)CCCCl)cc1. The van der Waals surface area contributed by atoms with Crippen LogP contribution in [0.5, 0.6) is 0 Å². The highest BCUT2D eigenvalue weighted by Gasteiger charge is 2.03. The molecule has 0 aliphatic heterocycles. The van der Waals surface area contributed by atoms with Crippen molar-refractivity contribution in [2.24, 2.45) is 0 Å². The van der Waals surface area contributed by atoms with Crippen molar-refractivity contribution in [3.05, 3.63) is 24.3 Å². The molecule has 0 fully saturated rings. The molecule has 0 heterocycles. The fourth-order valence-corrected chi connectivity index (χ4v) is 1.67. The Morgan fingerprint density at radius 2 is 1.47 bits per heavy atom. The maximum atomic E-state index is 11.5. The van der Waals surface area contributed by atoms with Crippen molar-refractivity contribution in [1.82, 2.24) is 0 Å². The van der Waals surface area contributed by atoms with Crippen LogP contribution in [-0.4, -0.2) is 17.7 Å². The second kappa shape index (κ2) is 8.53. The van der Waals surface area contributed by atoms with Gasteiger partial charge in [-0.1, -0.05) is 6.92 Å². The van der Waals surface area contributed by atoms with Gasteiger partial charge in [0.25, 0.3) is 0 Å². The number of hydrogen-bond acceptors (Lipinski definition) is 2. The molecule has 0 aliphatic rings. The molecule has 1 rings (SSSR count). The molecular weight excluding hydrogens is 264 g/mol. The summed E-state index contributed by atoms with van der Waals surface area (Å²) in [5.41, 5.74) is 1.45. The van der Waals surface area contributed by atoms with Gasteiger partial charge in [-0.15, -0.1) is 11.6 Å². The molecule has 5 heteroatoms. The zero-order chi connectivity index (χ0) is 14.1. The first-order valence-corrected chi connectivity index (χ1v) is 6.95. The standard InChI is InChI=1S/C14H19ClN2O2/c1-2-4-13(18)16-11-6-8-12(9-7-11)17-14(19)5-3-10-15/h6-9H,2-5,10H2,1H3,(H,16,18)(H,17,19). The van der Waals surface area contributed by atoms with Gasteiger partial charge >= 0.3 is 0 Å². The summed E-state index contributed by atoms with van der Waals surface area (Å²) in [6.07, 6.45) is 2.41. The number of benzene rings is 1. The van der Waals surface area contributed by atoms with E-state index < -0.39 is 0 Å². The minimum atomic E-state index is -0.0524. The van der Waals surface area contributed by atoms with Crippen molar-refractivity contribution in [2.45, 2.75) is 32.6 Å². The number of carbonyl (C=O) groups excluding carboxylic acids is 2. The number of rotatable bonds is 7. The topological polar surface area (TPSA) is 58.2 Å². The third-order valence-corrected chi connectivity index (χ3v) is 2.73. The number of amides is 2. The zero-order valence-corrected chi connectivity index (χ0v) is 11.8. The molecule has 0 spiro atoms. The van der Waals surface area contributed by atoms with Crippen molar-refractivity contribution in [3.8, 4) is 0 Å². The molecule has 19 heavy (non-hydrogen) atoms. The summed E-state index contributed by atoms with van der Waals surface area (Å²) in [5.74, 6) is 0.431. The predicted octanol–water partition coefficient (Wildman–Crippen LogP) is 3.38. The highest BCUT2D eigenvalue weighted by atomic mass is 35.5. The predicted molar refractivity (Wildman–Crippen MR) is 78.6 cm³/mol. The van der Waals surface area contributed by atoms with E-state index in [2.05, 4.69) is 10.6 Å². The highest BCUT2D eigenvalue weighted by Crippen LogP contribution is 2.14. The third-order valence-electron chi connectivity index (χ3n) is 2.47. The van der Waals surface area contributed by atoms with Gasteiger partial charge < -0.3 is 10.6 Å². The molecule has 0 radical (unpaired) electrons. The Morgan fingerprint density at radius 1 is 1.00 bits per heavy atom. The van der Waals surface area contributed by atoms with Gasteiger partial charge in [-0.3, -0.25) is 9.59 Å². The van der Waals surface area contributed by atoms with Gasteiger partial charge in [0, 0.05) is 30.1 Å². The molecule has 2 amide bonds. The molecule has 1 aromatic rings. The van der Waals surface area contributed by atoms with Crippen LogP contribution in [0.25, 0.3) is 0 Å². The monoisotopic (exact) mass is 282 g/mol. The molecule has 4 nitrogen and oxygen atoms in total. The minimum absolute atomic E-state index is 0.00129. The maximum Gasteiger partial charge on any atom is 0.224 e. The summed E-state index contributed by atoms with van der Waals surface area (Å²) in [5, 5.41) is 5.56. The van der Waals surface area contributed by atoms with E-state index in [1.165, 1.54) is 0 Å². The number of nitrogens with one attached hydrogen (secondary N) is 2. The van der Waals surface area contributed by atoms with E-state index in [-0.39, 0.29) is 11.8 Å². The number of alkyl halides is 1. The summed E-state index contributed by atoms with van der Waals surface area (Å²) in [4.78, 5) is 22.9. The minimum Gasteiger partial charge on any atom is -0.326 e. The molecule has 0 saturated heterocycles. The van der Waals surface area contributed by atoms with E-state index in [1.807, 2.05) is 6.92 Å². The summed E-state index contributed by atoms with van der Waals surface area (Å²) in [7, 11) is 0. The lowest BCUT2D eigenvalue weighted by Crippen LogP contribution is -2.12. The van der Waals surface area contributed by atoms with Gasteiger partial charge in [0.15, 0.2) is 0 Å². The second-order valence-electron chi connectivity index (χ2n) is 4.22. The van der Waals surface area contributed by atoms with Crippen molar-refractivity contribution in [3.63, 3.8) is 0 Å². The largest absolute Gasteiger partial charge is 0.326 e. The maximum absolute atomic E-state index is 11.5. The summed E-state index contributed by atoms with van der Waals surface area (Å²) >= 11 is 5.52. The quantitative estimate of drug-likeness (QED) is 0.753. The fourth-order valence-electron chi connectivity index (χ4n) is 1.54. The summed E-state index contributed by atoms with van der Waals surface area (Å²) in [6, 6.07) is 7.07. The van der Waals surface area contributed by atoms with E-state index in [9.17, 15) is 9.59 Å². The zero-order valence-electron chi connectivity index (χ0n) is 11.0. The number of carbonyl (C=O) groups is 2. The lowest BCUT2D eigenvalue weighted by molar-refractivity contribution is -0.117. The number of anilines is 2. The van der Waals surface area contributed by atoms with Gasteiger partial charge in [0.2, 0.25) is 11.8 Å². The van der Waals surface area contributed by atoms with Crippen molar-refractivity contribution >= 4 is 34.8 Å². The van der Waals surface area contributed by atoms with Crippen LogP contribution in [0.15, 0.2) is 24.3 Å². The first-order chi connectivity index (χ1) is 9.15. The molecule has 0 bridgehead atoms. The summed E-state index contributed by atoms with van der Waals surface area (Å²) in [6.45, 7) is 1.96. The van der Waals surface area contributed by atoms with Gasteiger partial charge in [-0.2, -0.15) is 0 Å². The summed E-state index contributed by atoms with van der Waals surface area (Å²) < 4.78 is 0. The molecular formula is C14H19ClN2O2. The average molecular weight is 283 g/mol. The van der Waals surface area contributed by atoms with Gasteiger partial charge in [-0.25, -0.2) is 0 Å². The second-order valence-corrected chi connectivity index (χ2v) is 4.59. The molecule has 0 aromatic heterocycles. The van der Waals surface area contributed by atoms with E-state index in [0.717, 1.165) is 12.1 Å². The molecule has 104 valence electrons. The van der Waals surface area contributed by atoms with Gasteiger partial charge in [0.1, 0.15) is 0 Å². The highest BCUT2D eigenvalue weighted by molar-refractivity contribution is 6.18. The Kier molecular flexibility index (Phi) is 6.97. The molecule has 2 N–H and O–H groups in total. The third kappa shape index (κ3) is 6.25. The van der Waals surface area contributed by atoms with E-state index in [0.29, 0.717) is 30.8 Å². The molecule has 0 aliphatic carbocycles. The normalized spacial score (nSPS) is 10.0. The van der Waals surface area contributed by atoms with Crippen LogP contribution >= 0.6 is 11.6 Å². The first-order valence-electron chi connectivity index (χ1n) is 6.41. The lowest BCUT2D eigenvalue weighted by atomic mass is 10.2. The molecule has 0 saturated carbocycles. The Balaban J connectivity index is 2.47. The van der Waals surface area contributed by atoms with Crippen LogP contribution in [0.2, 0.25) is 0 Å². The van der Waals surface area contributed by atoms with E-state index in [4.69, 9.17) is 11.6 Å². The average Bonchev–Trinajstić information content (AvgIpc) is 2.39. The van der Waals surface area contributed by atoms with Crippen LogP contribution in [0.3, 0.4) is 0 Å². The Labute approximate surface area is 118 Å². The first kappa shape index (κ1) is 15.5. The van der Waals surface area contributed by atoms with Crippen molar-refractivity contribution in [2.75, 3.05) is 16.5 Å². The fraction of sp³-hybridized carbons (Fsp3) is 0.429. The van der Waals surface area contributed by atoms with E-state index in [1.54, 1.807) is 24.3 Å². The Bertz CT molecular complexity index is 418.